The molecule has 0 aliphatic heterocycles. The summed E-state index contributed by atoms with van der Waals surface area (Å²) in [6, 6.07) is 3.81. The fraction of sp³-hybridized carbons (Fsp3) is 0.545. The van der Waals surface area contributed by atoms with Crippen LogP contribution in [0.4, 0.5) is 5.82 Å². The molecule has 0 radical (unpaired) electrons. The van der Waals surface area contributed by atoms with Crippen molar-refractivity contribution < 1.29 is 4.74 Å². The number of hydrogen-bond donors (Lipinski definition) is 1. The van der Waals surface area contributed by atoms with Gasteiger partial charge in [-0.25, -0.2) is 4.98 Å². The van der Waals surface area contributed by atoms with E-state index in [1.807, 2.05) is 26.2 Å². The molecule has 0 bridgehead atoms. The van der Waals surface area contributed by atoms with Crippen LogP contribution in [0.3, 0.4) is 0 Å². The van der Waals surface area contributed by atoms with Gasteiger partial charge in [0.05, 0.1) is 7.11 Å². The van der Waals surface area contributed by atoms with Crippen molar-refractivity contribution in [1.29, 1.82) is 0 Å². The minimum atomic E-state index is 0.824. The first-order valence-corrected chi connectivity index (χ1v) is 5.14. The quantitative estimate of drug-likeness (QED) is 0.713. The summed E-state index contributed by atoms with van der Waals surface area (Å²) in [4.78, 5) is 6.42. The molecule has 1 aromatic rings. The number of pyridine rings is 1. The van der Waals surface area contributed by atoms with E-state index in [2.05, 4.69) is 15.2 Å². The van der Waals surface area contributed by atoms with Gasteiger partial charge in [-0.05, 0) is 32.1 Å². The smallest absolute Gasteiger partial charge is 0.171 e. The van der Waals surface area contributed by atoms with Crippen molar-refractivity contribution >= 4 is 5.82 Å². The molecule has 4 heteroatoms. The van der Waals surface area contributed by atoms with Crippen LogP contribution in [0.15, 0.2) is 18.3 Å². The minimum Gasteiger partial charge on any atom is -0.493 e. The summed E-state index contributed by atoms with van der Waals surface area (Å²) in [5, 5.41) is 3.12. The van der Waals surface area contributed by atoms with Gasteiger partial charge in [-0.1, -0.05) is 0 Å². The average molecular weight is 209 g/mol. The summed E-state index contributed by atoms with van der Waals surface area (Å²) in [6.07, 6.45) is 2.87. The number of rotatable bonds is 6. The third-order valence-electron chi connectivity index (χ3n) is 2.25. The van der Waals surface area contributed by atoms with Gasteiger partial charge in [-0.15, -0.1) is 0 Å². The van der Waals surface area contributed by atoms with Crippen molar-refractivity contribution in [2.24, 2.45) is 0 Å². The first-order chi connectivity index (χ1) is 7.29. The molecule has 1 heterocycles. The molecule has 0 aliphatic carbocycles. The van der Waals surface area contributed by atoms with Gasteiger partial charge in [0.2, 0.25) is 0 Å². The number of nitrogens with one attached hydrogen (secondary N) is 1. The lowest BCUT2D eigenvalue weighted by Gasteiger charge is -2.19. The molecule has 0 saturated carbocycles. The van der Waals surface area contributed by atoms with Gasteiger partial charge in [0.1, 0.15) is 0 Å². The minimum absolute atomic E-state index is 0.824. The maximum Gasteiger partial charge on any atom is 0.171 e. The number of aromatic nitrogens is 1. The normalized spacial score (nSPS) is 10.1. The zero-order chi connectivity index (χ0) is 11.1. The van der Waals surface area contributed by atoms with E-state index in [1.54, 1.807) is 13.3 Å². The summed E-state index contributed by atoms with van der Waals surface area (Å²) in [7, 11) is 5.66. The lowest BCUT2D eigenvalue weighted by molar-refractivity contribution is 0.413. The van der Waals surface area contributed by atoms with Crippen molar-refractivity contribution in [3.05, 3.63) is 18.3 Å². The molecule has 0 unspecified atom stereocenters. The maximum absolute atomic E-state index is 5.25. The molecule has 84 valence electrons. The summed E-state index contributed by atoms with van der Waals surface area (Å²) in [5.41, 5.74) is 0. The van der Waals surface area contributed by atoms with Crippen LogP contribution in [0.1, 0.15) is 6.42 Å². The molecule has 0 spiro atoms. The predicted molar refractivity (Wildman–Crippen MR) is 62.6 cm³/mol. The molecule has 1 aromatic heterocycles. The van der Waals surface area contributed by atoms with Crippen molar-refractivity contribution in [3.63, 3.8) is 0 Å². The Labute approximate surface area is 91.3 Å². The van der Waals surface area contributed by atoms with E-state index in [9.17, 15) is 0 Å². The first kappa shape index (κ1) is 11.8. The van der Waals surface area contributed by atoms with E-state index < -0.39 is 0 Å². The summed E-state index contributed by atoms with van der Waals surface area (Å²) < 4.78 is 5.25. The van der Waals surface area contributed by atoms with Crippen LogP contribution in [0.25, 0.3) is 0 Å². The van der Waals surface area contributed by atoms with Crippen LogP contribution in [0, 0.1) is 0 Å². The SMILES string of the molecule is CNCCCN(C)c1ncccc1OC. The Hall–Kier alpha value is -1.29. The van der Waals surface area contributed by atoms with E-state index >= 15 is 0 Å². The van der Waals surface area contributed by atoms with Crippen LogP contribution in [-0.4, -0.2) is 39.3 Å². The number of methoxy groups -OCH3 is 1. The fourth-order valence-corrected chi connectivity index (χ4v) is 1.43. The molecule has 0 fully saturated rings. The van der Waals surface area contributed by atoms with Crippen LogP contribution >= 0.6 is 0 Å². The highest BCUT2D eigenvalue weighted by Crippen LogP contribution is 2.23. The van der Waals surface area contributed by atoms with Crippen LogP contribution < -0.4 is 15.0 Å². The van der Waals surface area contributed by atoms with Gasteiger partial charge in [-0.3, -0.25) is 0 Å². The lowest BCUT2D eigenvalue weighted by atomic mass is 10.3. The molecule has 0 aromatic carbocycles. The van der Waals surface area contributed by atoms with Crippen LogP contribution in [0.2, 0.25) is 0 Å². The molecule has 1 rings (SSSR count). The molecule has 1 N–H and O–H groups in total. The third kappa shape index (κ3) is 3.40. The second-order valence-electron chi connectivity index (χ2n) is 3.41. The van der Waals surface area contributed by atoms with E-state index in [4.69, 9.17) is 4.74 Å². The first-order valence-electron chi connectivity index (χ1n) is 5.14. The van der Waals surface area contributed by atoms with Gasteiger partial charge in [-0.2, -0.15) is 0 Å². The van der Waals surface area contributed by atoms with Gasteiger partial charge < -0.3 is 15.0 Å². The van der Waals surface area contributed by atoms with Crippen molar-refractivity contribution in [2.75, 3.05) is 39.2 Å². The van der Waals surface area contributed by atoms with Crippen molar-refractivity contribution in [2.45, 2.75) is 6.42 Å². The van der Waals surface area contributed by atoms with Gasteiger partial charge >= 0.3 is 0 Å². The largest absolute Gasteiger partial charge is 0.493 e. The van der Waals surface area contributed by atoms with Crippen molar-refractivity contribution in [3.8, 4) is 5.75 Å². The molecule has 15 heavy (non-hydrogen) atoms. The monoisotopic (exact) mass is 209 g/mol. The summed E-state index contributed by atoms with van der Waals surface area (Å²) in [6.45, 7) is 1.98. The number of hydrogen-bond acceptors (Lipinski definition) is 4. The summed E-state index contributed by atoms with van der Waals surface area (Å²) >= 11 is 0. The zero-order valence-corrected chi connectivity index (χ0v) is 9.66. The maximum atomic E-state index is 5.25. The van der Waals surface area contributed by atoms with E-state index in [-0.39, 0.29) is 0 Å². The van der Waals surface area contributed by atoms with Crippen LogP contribution in [0.5, 0.6) is 5.75 Å². The van der Waals surface area contributed by atoms with Crippen LogP contribution in [-0.2, 0) is 0 Å². The van der Waals surface area contributed by atoms with Gasteiger partial charge in [0.25, 0.3) is 0 Å². The van der Waals surface area contributed by atoms with Crippen molar-refractivity contribution in [1.82, 2.24) is 10.3 Å². The molecule has 0 amide bonds. The molecule has 0 atom stereocenters. The van der Waals surface area contributed by atoms with Gasteiger partial charge in [0, 0.05) is 19.8 Å². The molecular formula is C11H19N3O. The zero-order valence-electron chi connectivity index (χ0n) is 9.66. The summed E-state index contributed by atoms with van der Waals surface area (Å²) in [5.74, 6) is 1.72. The van der Waals surface area contributed by atoms with E-state index in [1.165, 1.54) is 0 Å². The Kier molecular flexibility index (Phi) is 4.90. The Morgan fingerprint density at radius 3 is 3.00 bits per heavy atom. The third-order valence-corrected chi connectivity index (χ3v) is 2.25. The van der Waals surface area contributed by atoms with E-state index in [0.29, 0.717) is 0 Å². The standard InChI is InChI=1S/C11H19N3O/c1-12-7-5-9-14(2)11-10(15-3)6-4-8-13-11/h4,6,8,12H,5,7,9H2,1-3H3. The number of ether oxygens (including phenoxy) is 1. The second-order valence-corrected chi connectivity index (χ2v) is 3.41. The topological polar surface area (TPSA) is 37.4 Å². The Balaban J connectivity index is 2.59. The fourth-order valence-electron chi connectivity index (χ4n) is 1.43. The predicted octanol–water partition coefficient (Wildman–Crippen LogP) is 1.14. The Morgan fingerprint density at radius 1 is 1.53 bits per heavy atom. The van der Waals surface area contributed by atoms with Gasteiger partial charge in [0.15, 0.2) is 11.6 Å². The highest BCUT2D eigenvalue weighted by atomic mass is 16.5. The Morgan fingerprint density at radius 2 is 2.33 bits per heavy atom. The number of anilines is 1. The highest BCUT2D eigenvalue weighted by molar-refractivity contribution is 5.51. The lowest BCUT2D eigenvalue weighted by Crippen LogP contribution is -2.23. The molecule has 0 saturated heterocycles. The molecular weight excluding hydrogens is 190 g/mol. The molecule has 4 nitrogen and oxygen atoms in total. The average Bonchev–Trinajstić information content (AvgIpc) is 2.29. The highest BCUT2D eigenvalue weighted by Gasteiger charge is 2.07. The van der Waals surface area contributed by atoms with E-state index in [0.717, 1.165) is 31.1 Å². The Bertz CT molecular complexity index is 291. The number of nitrogens with zero attached hydrogens (tertiary/aromatic N) is 2. The molecule has 0 aliphatic rings. The second kappa shape index (κ2) is 6.24.